The number of hydrogen-bond acceptors (Lipinski definition) is 8. The van der Waals surface area contributed by atoms with Crippen LogP contribution >= 0.6 is 0 Å². The van der Waals surface area contributed by atoms with Gasteiger partial charge in [-0.2, -0.15) is 0 Å². The van der Waals surface area contributed by atoms with Crippen LogP contribution < -0.4 is 9.47 Å². The number of carbonyl (C=O) groups excluding carboxylic acids is 2. The van der Waals surface area contributed by atoms with Crippen LogP contribution in [0.5, 0.6) is 11.6 Å². The number of esters is 1. The molecular formula is C22H29N3O6. The van der Waals surface area contributed by atoms with Crippen molar-refractivity contribution in [2.24, 2.45) is 5.92 Å². The summed E-state index contributed by atoms with van der Waals surface area (Å²) in [6.07, 6.45) is 2.12. The molecule has 0 spiro atoms. The number of nitrogens with zero attached hydrogens (tertiary/aromatic N) is 3. The van der Waals surface area contributed by atoms with Crippen LogP contribution in [-0.2, 0) is 14.3 Å². The fourth-order valence-corrected chi connectivity index (χ4v) is 3.53. The Bertz CT molecular complexity index is 942. The van der Waals surface area contributed by atoms with Crippen molar-refractivity contribution in [2.75, 3.05) is 27.4 Å². The number of carbonyl (C=O) groups is 2. The van der Waals surface area contributed by atoms with E-state index in [0.29, 0.717) is 29.9 Å². The third kappa shape index (κ3) is 5.53. The van der Waals surface area contributed by atoms with Gasteiger partial charge in [0.25, 0.3) is 0 Å². The summed E-state index contributed by atoms with van der Waals surface area (Å²) in [6, 6.07) is 5.19. The van der Waals surface area contributed by atoms with E-state index in [-0.39, 0.29) is 25.2 Å². The number of piperidine rings is 1. The Balaban J connectivity index is 1.79. The number of ether oxygens (including phenoxy) is 4. The first-order valence-corrected chi connectivity index (χ1v) is 10.2. The van der Waals surface area contributed by atoms with E-state index >= 15 is 0 Å². The zero-order chi connectivity index (χ0) is 22.6. The van der Waals surface area contributed by atoms with Crippen LogP contribution in [0.25, 0.3) is 10.9 Å². The third-order valence-corrected chi connectivity index (χ3v) is 5.09. The van der Waals surface area contributed by atoms with E-state index in [1.165, 1.54) is 13.4 Å². The van der Waals surface area contributed by atoms with Crippen molar-refractivity contribution in [3.8, 4) is 11.6 Å². The van der Waals surface area contributed by atoms with E-state index in [1.807, 2.05) is 18.2 Å². The molecule has 1 aliphatic rings. The van der Waals surface area contributed by atoms with E-state index in [0.717, 1.165) is 5.52 Å². The molecule has 31 heavy (non-hydrogen) atoms. The largest absolute Gasteiger partial charge is 0.497 e. The molecule has 3 rings (SSSR count). The second-order valence-corrected chi connectivity index (χ2v) is 8.46. The topological polar surface area (TPSA) is 100 Å². The van der Waals surface area contributed by atoms with Crippen LogP contribution in [0, 0.1) is 5.92 Å². The van der Waals surface area contributed by atoms with Crippen molar-refractivity contribution in [2.45, 2.75) is 45.3 Å². The number of rotatable bonds is 5. The Morgan fingerprint density at radius 1 is 1.16 bits per heavy atom. The molecule has 1 aliphatic heterocycles. The van der Waals surface area contributed by atoms with Crippen LogP contribution in [-0.4, -0.2) is 65.9 Å². The molecule has 1 aromatic heterocycles. The molecular weight excluding hydrogens is 402 g/mol. The molecule has 168 valence electrons. The first kappa shape index (κ1) is 22.6. The molecule has 2 heterocycles. The average molecular weight is 431 g/mol. The van der Waals surface area contributed by atoms with Crippen molar-refractivity contribution in [1.82, 2.24) is 14.9 Å². The summed E-state index contributed by atoms with van der Waals surface area (Å²) in [4.78, 5) is 35.0. The van der Waals surface area contributed by atoms with E-state index in [9.17, 15) is 9.59 Å². The lowest BCUT2D eigenvalue weighted by Gasteiger charge is -2.39. The number of benzene rings is 1. The Morgan fingerprint density at radius 2 is 1.94 bits per heavy atom. The molecule has 9 nitrogen and oxygen atoms in total. The van der Waals surface area contributed by atoms with Gasteiger partial charge in [0.05, 0.1) is 37.1 Å². The van der Waals surface area contributed by atoms with Crippen LogP contribution in [0.3, 0.4) is 0 Å². The van der Waals surface area contributed by atoms with E-state index < -0.39 is 17.6 Å². The highest BCUT2D eigenvalue weighted by Gasteiger charge is 2.37. The maximum Gasteiger partial charge on any atom is 0.410 e. The molecule has 1 amide bonds. The van der Waals surface area contributed by atoms with Crippen molar-refractivity contribution in [3.63, 3.8) is 0 Å². The molecule has 9 heteroatoms. The Labute approximate surface area is 181 Å². The summed E-state index contributed by atoms with van der Waals surface area (Å²) in [5, 5.41) is 0.717. The highest BCUT2D eigenvalue weighted by molar-refractivity contribution is 5.84. The van der Waals surface area contributed by atoms with Gasteiger partial charge in [0.1, 0.15) is 24.3 Å². The summed E-state index contributed by atoms with van der Waals surface area (Å²) in [6.45, 7) is 5.83. The maximum atomic E-state index is 12.8. The van der Waals surface area contributed by atoms with E-state index in [4.69, 9.17) is 18.9 Å². The minimum absolute atomic E-state index is 0.205. The van der Waals surface area contributed by atoms with Crippen LogP contribution in [0.4, 0.5) is 4.79 Å². The number of methoxy groups -OCH3 is 2. The number of fused-ring (bicyclic) bond motifs is 1. The quantitative estimate of drug-likeness (QED) is 0.666. The maximum absolute atomic E-state index is 12.8. The fourth-order valence-electron chi connectivity index (χ4n) is 3.53. The molecule has 0 saturated carbocycles. The predicted molar refractivity (Wildman–Crippen MR) is 113 cm³/mol. The summed E-state index contributed by atoms with van der Waals surface area (Å²) < 4.78 is 21.7. The SMILES string of the molecule is COC(=O)C1CCC(COc2ncnc3ccc(OC)cc23)N(C(=O)OC(C)(C)C)C1. The molecule has 0 aliphatic carbocycles. The average Bonchev–Trinajstić information content (AvgIpc) is 2.75. The van der Waals surface area contributed by atoms with E-state index in [1.54, 1.807) is 32.8 Å². The Kier molecular flexibility index (Phi) is 6.82. The molecule has 0 radical (unpaired) electrons. The van der Waals surface area contributed by atoms with Gasteiger partial charge in [-0.25, -0.2) is 14.8 Å². The zero-order valence-electron chi connectivity index (χ0n) is 18.6. The van der Waals surface area contributed by atoms with Crippen molar-refractivity contribution < 1.29 is 28.5 Å². The minimum Gasteiger partial charge on any atom is -0.497 e. The second kappa shape index (κ2) is 9.36. The third-order valence-electron chi connectivity index (χ3n) is 5.09. The van der Waals surface area contributed by atoms with Crippen LogP contribution in [0.2, 0.25) is 0 Å². The molecule has 1 saturated heterocycles. The van der Waals surface area contributed by atoms with Gasteiger partial charge in [0.2, 0.25) is 5.88 Å². The first-order valence-electron chi connectivity index (χ1n) is 10.2. The molecule has 1 aromatic carbocycles. The highest BCUT2D eigenvalue weighted by atomic mass is 16.6. The zero-order valence-corrected chi connectivity index (χ0v) is 18.6. The van der Waals surface area contributed by atoms with Gasteiger partial charge in [-0.15, -0.1) is 0 Å². The van der Waals surface area contributed by atoms with Gasteiger partial charge in [0, 0.05) is 6.54 Å². The highest BCUT2D eigenvalue weighted by Crippen LogP contribution is 2.29. The number of aromatic nitrogens is 2. The van der Waals surface area contributed by atoms with Gasteiger partial charge in [-0.3, -0.25) is 4.79 Å². The van der Waals surface area contributed by atoms with Gasteiger partial charge in [-0.05, 0) is 51.8 Å². The minimum atomic E-state index is -0.653. The molecule has 0 N–H and O–H groups in total. The van der Waals surface area contributed by atoms with Crippen LogP contribution in [0.1, 0.15) is 33.6 Å². The molecule has 0 bridgehead atoms. The van der Waals surface area contributed by atoms with Gasteiger partial charge < -0.3 is 23.8 Å². The lowest BCUT2D eigenvalue weighted by atomic mass is 9.93. The standard InChI is InChI=1S/C22H29N3O6/c1-22(2,3)31-21(27)25-11-14(20(26)29-5)6-7-15(25)12-30-19-17-10-16(28-4)8-9-18(17)23-13-24-19/h8-10,13-15H,6-7,11-12H2,1-5H3. The molecule has 2 aromatic rings. The molecule has 1 fully saturated rings. The monoisotopic (exact) mass is 431 g/mol. The lowest BCUT2D eigenvalue weighted by molar-refractivity contribution is -0.147. The Hall–Kier alpha value is -3.10. The van der Waals surface area contributed by atoms with Gasteiger partial charge in [0.15, 0.2) is 0 Å². The van der Waals surface area contributed by atoms with Crippen molar-refractivity contribution in [3.05, 3.63) is 24.5 Å². The summed E-state index contributed by atoms with van der Waals surface area (Å²) in [7, 11) is 2.94. The molecule has 2 unspecified atom stereocenters. The van der Waals surface area contributed by atoms with Gasteiger partial charge in [-0.1, -0.05) is 0 Å². The first-order chi connectivity index (χ1) is 14.7. The fraction of sp³-hybridized carbons (Fsp3) is 0.545. The summed E-state index contributed by atoms with van der Waals surface area (Å²) >= 11 is 0. The smallest absolute Gasteiger partial charge is 0.410 e. The normalized spacial score (nSPS) is 19.1. The lowest BCUT2D eigenvalue weighted by Crippen LogP contribution is -2.52. The summed E-state index contributed by atoms with van der Waals surface area (Å²) in [5.74, 6) is 0.351. The van der Waals surface area contributed by atoms with Crippen LogP contribution in [0.15, 0.2) is 24.5 Å². The molecule has 2 atom stereocenters. The van der Waals surface area contributed by atoms with Gasteiger partial charge >= 0.3 is 12.1 Å². The van der Waals surface area contributed by atoms with Crippen molar-refractivity contribution in [1.29, 1.82) is 0 Å². The van der Waals surface area contributed by atoms with Crippen molar-refractivity contribution >= 4 is 23.0 Å². The number of likely N-dealkylation sites (tertiary alicyclic amines) is 1. The second-order valence-electron chi connectivity index (χ2n) is 8.46. The number of amides is 1. The predicted octanol–water partition coefficient (Wildman–Crippen LogP) is 3.21. The Morgan fingerprint density at radius 3 is 2.61 bits per heavy atom. The number of hydrogen-bond donors (Lipinski definition) is 0. The van der Waals surface area contributed by atoms with E-state index in [2.05, 4.69) is 9.97 Å². The summed E-state index contributed by atoms with van der Waals surface area (Å²) in [5.41, 5.74) is 0.0734.